The lowest BCUT2D eigenvalue weighted by Crippen LogP contribution is -2.55. The Hall–Kier alpha value is -2.18. The third kappa shape index (κ3) is 3.48. The third-order valence-electron chi connectivity index (χ3n) is 3.67. The molecule has 3 N–H and O–H groups in total. The molecule has 1 aliphatic carbocycles. The molecule has 0 bridgehead atoms. The van der Waals surface area contributed by atoms with E-state index in [2.05, 4.69) is 10.6 Å². The summed E-state index contributed by atoms with van der Waals surface area (Å²) in [7, 11) is 0. The summed E-state index contributed by atoms with van der Waals surface area (Å²) in [6.07, 6.45) is 2.18. The van der Waals surface area contributed by atoms with Crippen LogP contribution >= 0.6 is 0 Å². The normalized spacial score (nSPS) is 16.5. The number of hydrogen-bond donors (Lipinski definition) is 3. The van der Waals surface area contributed by atoms with Crippen molar-refractivity contribution in [2.75, 3.05) is 0 Å². The Morgan fingerprint density at radius 2 is 1.90 bits per heavy atom. The highest BCUT2D eigenvalue weighted by Crippen LogP contribution is 2.29. The van der Waals surface area contributed by atoms with Gasteiger partial charge in [-0.1, -0.05) is 12.8 Å². The van der Waals surface area contributed by atoms with Crippen LogP contribution < -0.4 is 10.6 Å². The van der Waals surface area contributed by atoms with E-state index in [1.165, 1.54) is 0 Å². The summed E-state index contributed by atoms with van der Waals surface area (Å²) in [6, 6.07) is 2.23. The standard InChI is InChI=1S/C14H16F2N2O3/c15-10-3-4-11(16)9(7-10)8-17-13(21)18-14(12(19)20)5-1-2-6-14/h3-4,7H,1-2,5-6,8H2,(H,19,20)(H2,17,18,21). The molecule has 5 nitrogen and oxygen atoms in total. The van der Waals surface area contributed by atoms with Gasteiger partial charge in [0.15, 0.2) is 0 Å². The van der Waals surface area contributed by atoms with Gasteiger partial charge in [-0.05, 0) is 31.0 Å². The molecular weight excluding hydrogens is 282 g/mol. The second-order valence-corrected chi connectivity index (χ2v) is 5.14. The van der Waals surface area contributed by atoms with Crippen LogP contribution in [0.25, 0.3) is 0 Å². The molecule has 114 valence electrons. The molecule has 2 rings (SSSR count). The van der Waals surface area contributed by atoms with Gasteiger partial charge in [0, 0.05) is 12.1 Å². The fourth-order valence-electron chi connectivity index (χ4n) is 2.49. The van der Waals surface area contributed by atoms with E-state index in [1.807, 2.05) is 0 Å². The van der Waals surface area contributed by atoms with E-state index in [1.54, 1.807) is 0 Å². The van der Waals surface area contributed by atoms with Gasteiger partial charge in [0.1, 0.15) is 17.2 Å². The lowest BCUT2D eigenvalue weighted by molar-refractivity contribution is -0.144. The fraction of sp³-hybridized carbons (Fsp3) is 0.429. The van der Waals surface area contributed by atoms with Crippen molar-refractivity contribution in [3.63, 3.8) is 0 Å². The van der Waals surface area contributed by atoms with Crippen LogP contribution in [0.4, 0.5) is 13.6 Å². The van der Waals surface area contributed by atoms with Crippen molar-refractivity contribution in [2.24, 2.45) is 0 Å². The molecule has 0 radical (unpaired) electrons. The van der Waals surface area contributed by atoms with Crippen LogP contribution in [0.3, 0.4) is 0 Å². The van der Waals surface area contributed by atoms with Gasteiger partial charge in [0.25, 0.3) is 0 Å². The number of benzene rings is 1. The van der Waals surface area contributed by atoms with E-state index in [9.17, 15) is 23.5 Å². The number of halogens is 2. The van der Waals surface area contributed by atoms with Crippen molar-refractivity contribution >= 4 is 12.0 Å². The van der Waals surface area contributed by atoms with Gasteiger partial charge in [0.05, 0.1) is 0 Å². The van der Waals surface area contributed by atoms with Crippen molar-refractivity contribution in [1.82, 2.24) is 10.6 Å². The molecular formula is C14H16F2N2O3. The minimum atomic E-state index is -1.26. The Morgan fingerprint density at radius 3 is 2.52 bits per heavy atom. The summed E-state index contributed by atoms with van der Waals surface area (Å²) in [4.78, 5) is 23.1. The molecule has 21 heavy (non-hydrogen) atoms. The highest BCUT2D eigenvalue weighted by Gasteiger charge is 2.42. The van der Waals surface area contributed by atoms with Crippen LogP contribution in [0.5, 0.6) is 0 Å². The second kappa shape index (κ2) is 6.07. The van der Waals surface area contributed by atoms with Crippen LogP contribution in [-0.4, -0.2) is 22.6 Å². The number of urea groups is 1. The van der Waals surface area contributed by atoms with Crippen LogP contribution in [0.15, 0.2) is 18.2 Å². The lowest BCUT2D eigenvalue weighted by Gasteiger charge is -2.25. The molecule has 2 amide bonds. The molecule has 1 aromatic rings. The van der Waals surface area contributed by atoms with Crippen LogP contribution in [-0.2, 0) is 11.3 Å². The number of nitrogens with one attached hydrogen (secondary N) is 2. The summed E-state index contributed by atoms with van der Waals surface area (Å²) in [5.74, 6) is -2.32. The molecule has 1 aliphatic rings. The molecule has 0 heterocycles. The Labute approximate surface area is 120 Å². The Morgan fingerprint density at radius 1 is 1.24 bits per heavy atom. The highest BCUT2D eigenvalue weighted by molar-refractivity contribution is 5.86. The average Bonchev–Trinajstić information content (AvgIpc) is 2.89. The van der Waals surface area contributed by atoms with Crippen LogP contribution in [0, 0.1) is 11.6 Å². The summed E-state index contributed by atoms with van der Waals surface area (Å²) in [6.45, 7) is -0.217. The first kappa shape index (κ1) is 15.2. The first-order chi connectivity index (χ1) is 9.93. The molecule has 0 spiro atoms. The quantitative estimate of drug-likeness (QED) is 0.797. The van der Waals surface area contributed by atoms with E-state index in [0.717, 1.165) is 31.0 Å². The second-order valence-electron chi connectivity index (χ2n) is 5.14. The summed E-state index contributed by atoms with van der Waals surface area (Å²) in [5, 5.41) is 14.0. The van der Waals surface area contributed by atoms with Gasteiger partial charge < -0.3 is 15.7 Å². The smallest absolute Gasteiger partial charge is 0.329 e. The molecule has 1 fully saturated rings. The van der Waals surface area contributed by atoms with Gasteiger partial charge in [-0.2, -0.15) is 0 Å². The van der Waals surface area contributed by atoms with Crippen LogP contribution in [0.1, 0.15) is 31.2 Å². The van der Waals surface area contributed by atoms with Crippen molar-refractivity contribution in [1.29, 1.82) is 0 Å². The Kier molecular flexibility index (Phi) is 4.40. The lowest BCUT2D eigenvalue weighted by atomic mass is 9.98. The Bertz CT molecular complexity index is 557. The van der Waals surface area contributed by atoms with Gasteiger partial charge in [0.2, 0.25) is 0 Å². The van der Waals surface area contributed by atoms with E-state index in [-0.39, 0.29) is 12.1 Å². The molecule has 7 heteroatoms. The monoisotopic (exact) mass is 298 g/mol. The zero-order valence-corrected chi connectivity index (χ0v) is 11.3. The van der Waals surface area contributed by atoms with E-state index < -0.39 is 29.2 Å². The molecule has 1 saturated carbocycles. The molecule has 0 aliphatic heterocycles. The molecule has 0 saturated heterocycles. The fourth-order valence-corrected chi connectivity index (χ4v) is 2.49. The molecule has 0 atom stereocenters. The molecule has 0 unspecified atom stereocenters. The first-order valence-corrected chi connectivity index (χ1v) is 6.66. The van der Waals surface area contributed by atoms with Crippen molar-refractivity contribution in [2.45, 2.75) is 37.8 Å². The predicted molar refractivity (Wildman–Crippen MR) is 70.6 cm³/mol. The maximum Gasteiger partial charge on any atom is 0.329 e. The predicted octanol–water partition coefficient (Wildman–Crippen LogP) is 2.16. The summed E-state index contributed by atoms with van der Waals surface area (Å²) >= 11 is 0. The zero-order valence-electron chi connectivity index (χ0n) is 11.3. The topological polar surface area (TPSA) is 78.4 Å². The summed E-state index contributed by atoms with van der Waals surface area (Å²) < 4.78 is 26.4. The van der Waals surface area contributed by atoms with Crippen molar-refractivity contribution in [3.05, 3.63) is 35.4 Å². The average molecular weight is 298 g/mol. The van der Waals surface area contributed by atoms with E-state index in [4.69, 9.17) is 0 Å². The number of rotatable bonds is 4. The number of carbonyl (C=O) groups is 2. The highest BCUT2D eigenvalue weighted by atomic mass is 19.1. The van der Waals surface area contributed by atoms with Gasteiger partial charge >= 0.3 is 12.0 Å². The first-order valence-electron chi connectivity index (χ1n) is 6.66. The minimum absolute atomic E-state index is 0.000877. The van der Waals surface area contributed by atoms with Crippen LogP contribution in [0.2, 0.25) is 0 Å². The van der Waals surface area contributed by atoms with Gasteiger partial charge in [-0.25, -0.2) is 18.4 Å². The SMILES string of the molecule is O=C(NCc1cc(F)ccc1F)NC1(C(=O)O)CCCC1. The number of amides is 2. The minimum Gasteiger partial charge on any atom is -0.480 e. The largest absolute Gasteiger partial charge is 0.480 e. The van der Waals surface area contributed by atoms with E-state index in [0.29, 0.717) is 12.8 Å². The van der Waals surface area contributed by atoms with Gasteiger partial charge in [-0.15, -0.1) is 0 Å². The maximum absolute atomic E-state index is 13.4. The molecule has 1 aromatic carbocycles. The summed E-state index contributed by atoms with van der Waals surface area (Å²) in [5.41, 5.74) is -1.26. The third-order valence-corrected chi connectivity index (χ3v) is 3.67. The zero-order chi connectivity index (χ0) is 15.5. The van der Waals surface area contributed by atoms with Gasteiger partial charge in [-0.3, -0.25) is 0 Å². The number of hydrogen-bond acceptors (Lipinski definition) is 2. The maximum atomic E-state index is 13.4. The number of aliphatic carboxylic acids is 1. The van der Waals surface area contributed by atoms with E-state index >= 15 is 0 Å². The number of carboxylic acids is 1. The number of carbonyl (C=O) groups excluding carboxylic acids is 1. The van der Waals surface area contributed by atoms with Crippen molar-refractivity contribution < 1.29 is 23.5 Å². The number of carboxylic acid groups (broad SMARTS) is 1. The van der Waals surface area contributed by atoms with Crippen molar-refractivity contribution in [3.8, 4) is 0 Å². The molecule has 0 aromatic heterocycles. The Balaban J connectivity index is 1.96.